The van der Waals surface area contributed by atoms with Gasteiger partial charge in [0.2, 0.25) is 0 Å². The third kappa shape index (κ3) is 3.75. The fourth-order valence-electron chi connectivity index (χ4n) is 1.02. The van der Waals surface area contributed by atoms with Crippen LogP contribution in [0.2, 0.25) is 0 Å². The largest absolute Gasteiger partial charge is 0.480 e. The van der Waals surface area contributed by atoms with E-state index in [2.05, 4.69) is 15.9 Å². The zero-order chi connectivity index (χ0) is 13.2. The summed E-state index contributed by atoms with van der Waals surface area (Å²) in [6, 6.07) is 1.32. The Morgan fingerprint density at radius 3 is 2.47 bits per heavy atom. The number of aliphatic hydroxyl groups is 1. The van der Waals surface area contributed by atoms with Gasteiger partial charge in [-0.2, -0.15) is 4.72 Å². The molecule has 1 aromatic rings. The molecule has 0 aromatic carbocycles. The molecule has 0 aliphatic carbocycles. The van der Waals surface area contributed by atoms with Crippen molar-refractivity contribution in [2.45, 2.75) is 23.3 Å². The second kappa shape index (κ2) is 5.44. The van der Waals surface area contributed by atoms with Crippen LogP contribution < -0.4 is 4.72 Å². The highest BCUT2D eigenvalue weighted by Gasteiger charge is 2.29. The molecule has 1 aromatic heterocycles. The molecule has 0 aliphatic heterocycles. The van der Waals surface area contributed by atoms with Crippen molar-refractivity contribution in [3.8, 4) is 0 Å². The Hall–Kier alpha value is -0.480. The molecule has 0 aliphatic rings. The summed E-state index contributed by atoms with van der Waals surface area (Å²) in [6.45, 7) is 1.20. The van der Waals surface area contributed by atoms with Gasteiger partial charge in [-0.15, -0.1) is 11.3 Å². The Bertz CT molecular complexity index is 510. The second-order valence-corrected chi connectivity index (χ2v) is 7.64. The number of aliphatic carboxylic acids is 1. The molecule has 1 rings (SSSR count). The molecule has 0 radical (unpaired) electrons. The lowest BCUT2D eigenvalue weighted by atomic mass is 10.2. The summed E-state index contributed by atoms with van der Waals surface area (Å²) in [5, 5.41) is 18.0. The van der Waals surface area contributed by atoms with Crippen molar-refractivity contribution in [2.24, 2.45) is 0 Å². The zero-order valence-corrected chi connectivity index (χ0v) is 11.8. The second-order valence-electron chi connectivity index (χ2n) is 3.24. The van der Waals surface area contributed by atoms with Crippen LogP contribution in [-0.2, 0) is 14.8 Å². The Kier molecular flexibility index (Phi) is 4.67. The van der Waals surface area contributed by atoms with Crippen molar-refractivity contribution >= 4 is 43.3 Å². The number of rotatable bonds is 5. The van der Waals surface area contributed by atoms with Gasteiger partial charge < -0.3 is 10.2 Å². The SMILES string of the molecule is CC(O)C(NS(=O)(=O)c1ccc(Br)s1)C(=O)O. The maximum atomic E-state index is 11.8. The van der Waals surface area contributed by atoms with Gasteiger partial charge in [0, 0.05) is 0 Å². The van der Waals surface area contributed by atoms with Crippen LogP contribution in [0.4, 0.5) is 0 Å². The van der Waals surface area contributed by atoms with Crippen molar-refractivity contribution in [3.05, 3.63) is 15.9 Å². The summed E-state index contributed by atoms with van der Waals surface area (Å²) in [7, 11) is -3.93. The lowest BCUT2D eigenvalue weighted by Gasteiger charge is -2.16. The van der Waals surface area contributed by atoms with E-state index in [0.29, 0.717) is 3.79 Å². The van der Waals surface area contributed by atoms with Gasteiger partial charge in [-0.1, -0.05) is 0 Å². The summed E-state index contributed by atoms with van der Waals surface area (Å²) >= 11 is 4.06. The van der Waals surface area contributed by atoms with Crippen LogP contribution in [0.25, 0.3) is 0 Å². The Balaban J connectivity index is 2.97. The first-order valence-corrected chi connectivity index (χ1v) is 7.52. The predicted molar refractivity (Wildman–Crippen MR) is 65.4 cm³/mol. The van der Waals surface area contributed by atoms with Gasteiger partial charge in [0.05, 0.1) is 9.89 Å². The quantitative estimate of drug-likeness (QED) is 0.727. The molecule has 0 saturated heterocycles. The molecule has 0 saturated carbocycles. The molecule has 1 heterocycles. The number of sulfonamides is 1. The summed E-state index contributed by atoms with van der Waals surface area (Å²) < 4.78 is 26.1. The lowest BCUT2D eigenvalue weighted by Crippen LogP contribution is -2.47. The number of aliphatic hydroxyl groups excluding tert-OH is 1. The molecule has 2 unspecified atom stereocenters. The van der Waals surface area contributed by atoms with Gasteiger partial charge in [-0.25, -0.2) is 8.42 Å². The number of carboxylic acids is 1. The van der Waals surface area contributed by atoms with Crippen LogP contribution in [-0.4, -0.2) is 36.7 Å². The third-order valence-corrected chi connectivity index (χ3v) is 5.40. The maximum absolute atomic E-state index is 11.8. The summed E-state index contributed by atoms with van der Waals surface area (Å²) in [6.07, 6.45) is -1.33. The van der Waals surface area contributed by atoms with E-state index >= 15 is 0 Å². The van der Waals surface area contributed by atoms with E-state index in [1.54, 1.807) is 0 Å². The van der Waals surface area contributed by atoms with E-state index in [9.17, 15) is 18.3 Å². The highest BCUT2D eigenvalue weighted by atomic mass is 79.9. The van der Waals surface area contributed by atoms with Crippen LogP contribution >= 0.6 is 27.3 Å². The molecule has 3 N–H and O–H groups in total. The topological polar surface area (TPSA) is 104 Å². The number of nitrogens with one attached hydrogen (secondary N) is 1. The number of carboxylic acid groups (broad SMARTS) is 1. The smallest absolute Gasteiger partial charge is 0.324 e. The maximum Gasteiger partial charge on any atom is 0.324 e. The van der Waals surface area contributed by atoms with Gasteiger partial charge >= 0.3 is 5.97 Å². The minimum absolute atomic E-state index is 0.0173. The molecule has 2 atom stereocenters. The van der Waals surface area contributed by atoms with E-state index in [-0.39, 0.29) is 4.21 Å². The number of hydrogen-bond acceptors (Lipinski definition) is 5. The molecule has 17 heavy (non-hydrogen) atoms. The molecular weight excluding hydrogens is 334 g/mol. The predicted octanol–water partition coefficient (Wildman–Crippen LogP) is 0.623. The van der Waals surface area contributed by atoms with E-state index in [0.717, 1.165) is 11.3 Å². The highest BCUT2D eigenvalue weighted by Crippen LogP contribution is 2.26. The Morgan fingerprint density at radius 1 is 1.53 bits per heavy atom. The first kappa shape index (κ1) is 14.6. The van der Waals surface area contributed by atoms with Crippen LogP contribution in [0.5, 0.6) is 0 Å². The van der Waals surface area contributed by atoms with Crippen molar-refractivity contribution in [1.82, 2.24) is 4.72 Å². The van der Waals surface area contributed by atoms with Crippen molar-refractivity contribution < 1.29 is 23.4 Å². The first-order chi connectivity index (χ1) is 7.74. The van der Waals surface area contributed by atoms with E-state index in [1.165, 1.54) is 19.1 Å². The van der Waals surface area contributed by atoms with Crippen LogP contribution in [0.3, 0.4) is 0 Å². The highest BCUT2D eigenvalue weighted by molar-refractivity contribution is 9.11. The van der Waals surface area contributed by atoms with Crippen molar-refractivity contribution in [2.75, 3.05) is 0 Å². The number of carbonyl (C=O) groups is 1. The monoisotopic (exact) mass is 343 g/mol. The fourth-order valence-corrected chi connectivity index (χ4v) is 4.31. The average molecular weight is 344 g/mol. The van der Waals surface area contributed by atoms with Gasteiger partial charge in [-0.05, 0) is 35.0 Å². The zero-order valence-electron chi connectivity index (χ0n) is 8.62. The van der Waals surface area contributed by atoms with Crippen molar-refractivity contribution in [3.63, 3.8) is 0 Å². The van der Waals surface area contributed by atoms with Crippen molar-refractivity contribution in [1.29, 1.82) is 0 Å². The summed E-state index contributed by atoms with van der Waals surface area (Å²) in [5.74, 6) is -1.43. The molecule has 0 bridgehead atoms. The van der Waals surface area contributed by atoms with E-state index < -0.39 is 28.1 Å². The minimum atomic E-state index is -3.93. The number of thiophene rings is 1. The molecular formula is C8H10BrNO5S2. The van der Waals surface area contributed by atoms with Gasteiger partial charge in [0.15, 0.2) is 0 Å². The standard InChI is InChI=1S/C8H10BrNO5S2/c1-4(11)7(8(12)13)10-17(14,15)6-3-2-5(9)16-6/h2-4,7,10-11H,1H3,(H,12,13). The summed E-state index contributed by atoms with van der Waals surface area (Å²) in [5.41, 5.74) is 0. The van der Waals surface area contributed by atoms with E-state index in [4.69, 9.17) is 5.11 Å². The van der Waals surface area contributed by atoms with Gasteiger partial charge in [-0.3, -0.25) is 4.79 Å². The molecule has 96 valence electrons. The van der Waals surface area contributed by atoms with Crippen LogP contribution in [0.15, 0.2) is 20.1 Å². The fraction of sp³-hybridized carbons (Fsp3) is 0.375. The average Bonchev–Trinajstić information content (AvgIpc) is 2.61. The lowest BCUT2D eigenvalue weighted by molar-refractivity contribution is -0.141. The normalized spacial score (nSPS) is 15.5. The molecule has 0 spiro atoms. The molecule has 9 heteroatoms. The minimum Gasteiger partial charge on any atom is -0.480 e. The first-order valence-electron chi connectivity index (χ1n) is 4.42. The molecule has 0 amide bonds. The number of halogens is 1. The molecule has 0 fully saturated rings. The summed E-state index contributed by atoms with van der Waals surface area (Å²) in [4.78, 5) is 10.8. The molecule has 6 nitrogen and oxygen atoms in total. The van der Waals surface area contributed by atoms with Crippen LogP contribution in [0, 0.1) is 0 Å². The Morgan fingerprint density at radius 2 is 2.12 bits per heavy atom. The van der Waals surface area contributed by atoms with E-state index in [1.807, 2.05) is 4.72 Å². The van der Waals surface area contributed by atoms with Gasteiger partial charge in [0.1, 0.15) is 10.3 Å². The van der Waals surface area contributed by atoms with Gasteiger partial charge in [0.25, 0.3) is 10.0 Å². The number of hydrogen-bond donors (Lipinski definition) is 3. The third-order valence-electron chi connectivity index (χ3n) is 1.84. The Labute approximate surface area is 110 Å². The van der Waals surface area contributed by atoms with Crippen LogP contribution in [0.1, 0.15) is 6.92 Å².